The van der Waals surface area contributed by atoms with E-state index in [2.05, 4.69) is 11.1 Å². The molecule has 0 radical (unpaired) electrons. The summed E-state index contributed by atoms with van der Waals surface area (Å²) in [6, 6.07) is 12.4. The average molecular weight is 254 g/mol. The molecule has 0 aliphatic heterocycles. The Hall–Kier alpha value is -2.49. The fourth-order valence-corrected chi connectivity index (χ4v) is 1.78. The lowest BCUT2D eigenvalue weighted by molar-refractivity contribution is -0.384. The highest BCUT2D eigenvalue weighted by molar-refractivity contribution is 5.82. The average Bonchev–Trinajstić information content (AvgIpc) is 2.38. The first-order valence-electron chi connectivity index (χ1n) is 5.92. The molecule has 0 unspecified atom stereocenters. The molecule has 2 rings (SSSR count). The van der Waals surface area contributed by atoms with Crippen LogP contribution in [0.1, 0.15) is 16.7 Å². The van der Waals surface area contributed by atoms with Crippen molar-refractivity contribution in [1.29, 1.82) is 0 Å². The minimum Gasteiger partial charge on any atom is -0.258 e. The van der Waals surface area contributed by atoms with Crippen LogP contribution in [-0.4, -0.2) is 11.1 Å². The molecule has 0 heterocycles. The van der Waals surface area contributed by atoms with Crippen molar-refractivity contribution >= 4 is 17.6 Å². The molecule has 0 aliphatic rings. The highest BCUT2D eigenvalue weighted by atomic mass is 16.6. The zero-order valence-corrected chi connectivity index (χ0v) is 10.8. The molecule has 0 bridgehead atoms. The summed E-state index contributed by atoms with van der Waals surface area (Å²) in [4.78, 5) is 14.5. The minimum absolute atomic E-state index is 0.0867. The van der Waals surface area contributed by atoms with Gasteiger partial charge in [-0.15, -0.1) is 0 Å². The molecular weight excluding hydrogens is 240 g/mol. The molecular formula is C15H14N2O2. The number of nitro benzene ring substituents is 1. The highest BCUT2D eigenvalue weighted by Crippen LogP contribution is 2.19. The van der Waals surface area contributed by atoms with E-state index in [0.29, 0.717) is 0 Å². The Bertz CT molecular complexity index is 631. The van der Waals surface area contributed by atoms with E-state index in [1.165, 1.54) is 17.7 Å². The summed E-state index contributed by atoms with van der Waals surface area (Å²) >= 11 is 0. The molecule has 0 aliphatic carbocycles. The molecule has 0 saturated carbocycles. The van der Waals surface area contributed by atoms with Gasteiger partial charge in [0.1, 0.15) is 0 Å². The van der Waals surface area contributed by atoms with Crippen molar-refractivity contribution in [3.05, 3.63) is 69.3 Å². The van der Waals surface area contributed by atoms with E-state index in [1.54, 1.807) is 18.3 Å². The first-order chi connectivity index (χ1) is 9.06. The van der Waals surface area contributed by atoms with E-state index < -0.39 is 4.92 Å². The molecule has 0 spiro atoms. The van der Waals surface area contributed by atoms with Gasteiger partial charge in [-0.05, 0) is 43.2 Å². The summed E-state index contributed by atoms with van der Waals surface area (Å²) in [6.45, 7) is 4.05. The van der Waals surface area contributed by atoms with Crippen molar-refractivity contribution in [1.82, 2.24) is 0 Å². The summed E-state index contributed by atoms with van der Waals surface area (Å²) < 4.78 is 0. The molecule has 96 valence electrons. The Morgan fingerprint density at radius 3 is 2.37 bits per heavy atom. The van der Waals surface area contributed by atoms with Crippen LogP contribution in [0.3, 0.4) is 0 Å². The van der Waals surface area contributed by atoms with Crippen LogP contribution in [0.25, 0.3) is 0 Å². The predicted octanol–water partition coefficient (Wildman–Crippen LogP) is 3.96. The molecule has 0 saturated heterocycles. The van der Waals surface area contributed by atoms with Crippen molar-refractivity contribution in [3.63, 3.8) is 0 Å². The lowest BCUT2D eigenvalue weighted by atomic mass is 10.1. The second-order valence-corrected chi connectivity index (χ2v) is 4.40. The zero-order chi connectivity index (χ0) is 13.8. The van der Waals surface area contributed by atoms with Crippen LogP contribution in [-0.2, 0) is 0 Å². The van der Waals surface area contributed by atoms with Gasteiger partial charge in [0, 0.05) is 18.3 Å². The van der Waals surface area contributed by atoms with E-state index in [4.69, 9.17) is 0 Å². The van der Waals surface area contributed by atoms with Crippen LogP contribution in [0.15, 0.2) is 47.5 Å². The first kappa shape index (κ1) is 13.0. The van der Waals surface area contributed by atoms with Crippen LogP contribution in [0.4, 0.5) is 11.4 Å². The fourth-order valence-electron chi connectivity index (χ4n) is 1.78. The van der Waals surface area contributed by atoms with Gasteiger partial charge in [-0.3, -0.25) is 15.1 Å². The van der Waals surface area contributed by atoms with Crippen molar-refractivity contribution in [2.75, 3.05) is 0 Å². The van der Waals surface area contributed by atoms with Crippen molar-refractivity contribution in [2.24, 2.45) is 4.99 Å². The van der Waals surface area contributed by atoms with Crippen LogP contribution in [0, 0.1) is 24.0 Å². The van der Waals surface area contributed by atoms with Crippen molar-refractivity contribution in [3.8, 4) is 0 Å². The quantitative estimate of drug-likeness (QED) is 0.473. The SMILES string of the molecule is Cc1ccc(N=Cc2ccc([N+](=O)[O-])cc2)c(C)c1. The number of nitro groups is 1. The number of hydrogen-bond acceptors (Lipinski definition) is 3. The monoisotopic (exact) mass is 254 g/mol. The van der Waals surface area contributed by atoms with Gasteiger partial charge in [-0.1, -0.05) is 17.7 Å². The summed E-state index contributed by atoms with van der Waals surface area (Å²) in [5, 5.41) is 10.5. The second kappa shape index (κ2) is 5.44. The molecule has 0 atom stereocenters. The molecule has 0 aromatic heterocycles. The lowest BCUT2D eigenvalue weighted by Gasteiger charge is -2.01. The molecule has 19 heavy (non-hydrogen) atoms. The smallest absolute Gasteiger partial charge is 0.258 e. The fraction of sp³-hybridized carbons (Fsp3) is 0.133. The Labute approximate surface area is 111 Å². The summed E-state index contributed by atoms with van der Waals surface area (Å²) in [6.07, 6.45) is 1.71. The third-order valence-corrected chi connectivity index (χ3v) is 2.81. The minimum atomic E-state index is -0.412. The van der Waals surface area contributed by atoms with Crippen molar-refractivity contribution in [2.45, 2.75) is 13.8 Å². The van der Waals surface area contributed by atoms with Crippen LogP contribution < -0.4 is 0 Å². The third kappa shape index (κ3) is 3.25. The first-order valence-corrected chi connectivity index (χ1v) is 5.92. The van der Waals surface area contributed by atoms with Gasteiger partial charge in [0.05, 0.1) is 10.6 Å². The van der Waals surface area contributed by atoms with E-state index >= 15 is 0 Å². The van der Waals surface area contributed by atoms with E-state index in [9.17, 15) is 10.1 Å². The molecule has 0 amide bonds. The Balaban J connectivity index is 2.20. The molecule has 4 nitrogen and oxygen atoms in total. The van der Waals surface area contributed by atoms with E-state index in [-0.39, 0.29) is 5.69 Å². The normalized spacial score (nSPS) is 10.8. The number of rotatable bonds is 3. The van der Waals surface area contributed by atoms with Crippen molar-refractivity contribution < 1.29 is 4.92 Å². The van der Waals surface area contributed by atoms with Crippen LogP contribution in [0.5, 0.6) is 0 Å². The number of non-ortho nitro benzene ring substituents is 1. The van der Waals surface area contributed by atoms with Gasteiger partial charge in [-0.25, -0.2) is 0 Å². The second-order valence-electron chi connectivity index (χ2n) is 4.40. The number of aryl methyl sites for hydroxylation is 2. The van der Waals surface area contributed by atoms with E-state index in [0.717, 1.165) is 16.8 Å². The molecule has 0 fully saturated rings. The zero-order valence-electron chi connectivity index (χ0n) is 10.8. The van der Waals surface area contributed by atoms with E-state index in [1.807, 2.05) is 26.0 Å². The van der Waals surface area contributed by atoms with Gasteiger partial charge in [0.15, 0.2) is 0 Å². The Morgan fingerprint density at radius 1 is 1.11 bits per heavy atom. The number of aliphatic imine (C=N–C) groups is 1. The highest BCUT2D eigenvalue weighted by Gasteiger charge is 2.02. The maximum absolute atomic E-state index is 10.5. The predicted molar refractivity (Wildman–Crippen MR) is 76.3 cm³/mol. The summed E-state index contributed by atoms with van der Waals surface area (Å²) in [5.41, 5.74) is 4.14. The number of nitrogens with zero attached hydrogens (tertiary/aromatic N) is 2. The van der Waals surface area contributed by atoms with Crippen LogP contribution in [0.2, 0.25) is 0 Å². The van der Waals surface area contributed by atoms with Gasteiger partial charge >= 0.3 is 0 Å². The largest absolute Gasteiger partial charge is 0.269 e. The lowest BCUT2D eigenvalue weighted by Crippen LogP contribution is -1.88. The topological polar surface area (TPSA) is 55.5 Å². The third-order valence-electron chi connectivity index (χ3n) is 2.81. The number of hydrogen-bond donors (Lipinski definition) is 0. The molecule has 4 heteroatoms. The Morgan fingerprint density at radius 2 is 1.79 bits per heavy atom. The molecule has 2 aromatic rings. The number of benzene rings is 2. The standard InChI is InChI=1S/C15H14N2O2/c1-11-3-8-15(12(2)9-11)16-10-13-4-6-14(7-5-13)17(18)19/h3-10H,1-2H3. The van der Waals surface area contributed by atoms with Crippen LogP contribution >= 0.6 is 0 Å². The van der Waals surface area contributed by atoms with Gasteiger partial charge in [-0.2, -0.15) is 0 Å². The maximum atomic E-state index is 10.5. The molecule has 2 aromatic carbocycles. The van der Waals surface area contributed by atoms with Gasteiger partial charge in [0.25, 0.3) is 5.69 Å². The van der Waals surface area contributed by atoms with Gasteiger partial charge in [0.2, 0.25) is 0 Å². The van der Waals surface area contributed by atoms with Gasteiger partial charge < -0.3 is 0 Å². The summed E-state index contributed by atoms with van der Waals surface area (Å²) in [5.74, 6) is 0. The summed E-state index contributed by atoms with van der Waals surface area (Å²) in [7, 11) is 0. The Kier molecular flexibility index (Phi) is 3.71. The maximum Gasteiger partial charge on any atom is 0.269 e. The molecule has 0 N–H and O–H groups in total.